The first-order chi connectivity index (χ1) is 9.53. The number of hydrogen-bond acceptors (Lipinski definition) is 3. The SMILES string of the molecule is FC(F)(F)Oc1ccc2noc(-c3ccccc3)c2c1. The van der Waals surface area contributed by atoms with Crippen molar-refractivity contribution in [1.82, 2.24) is 5.16 Å². The number of ether oxygens (including phenoxy) is 1. The van der Waals surface area contributed by atoms with E-state index in [0.717, 1.165) is 5.56 Å². The van der Waals surface area contributed by atoms with Gasteiger partial charge in [-0.2, -0.15) is 0 Å². The molecule has 2 aromatic carbocycles. The largest absolute Gasteiger partial charge is 0.573 e. The Hall–Kier alpha value is -2.50. The van der Waals surface area contributed by atoms with Crippen LogP contribution in [0.25, 0.3) is 22.2 Å². The van der Waals surface area contributed by atoms with Gasteiger partial charge in [-0.15, -0.1) is 13.2 Å². The summed E-state index contributed by atoms with van der Waals surface area (Å²) in [5.41, 5.74) is 1.21. The molecule has 3 rings (SSSR count). The topological polar surface area (TPSA) is 35.3 Å². The lowest BCUT2D eigenvalue weighted by atomic mass is 10.1. The van der Waals surface area contributed by atoms with Gasteiger partial charge in [-0.1, -0.05) is 35.5 Å². The summed E-state index contributed by atoms with van der Waals surface area (Å²) in [5.74, 6) is 0.110. The maximum Gasteiger partial charge on any atom is 0.573 e. The molecule has 1 heterocycles. The van der Waals surface area contributed by atoms with Crippen molar-refractivity contribution in [3.05, 3.63) is 48.5 Å². The molecule has 3 aromatic rings. The molecule has 0 aliphatic heterocycles. The Bertz CT molecular complexity index is 735. The van der Waals surface area contributed by atoms with Gasteiger partial charge in [0.2, 0.25) is 0 Å². The minimum absolute atomic E-state index is 0.301. The van der Waals surface area contributed by atoms with Crippen LogP contribution in [-0.4, -0.2) is 11.5 Å². The quantitative estimate of drug-likeness (QED) is 0.697. The van der Waals surface area contributed by atoms with Crippen LogP contribution in [0.4, 0.5) is 13.2 Å². The van der Waals surface area contributed by atoms with Gasteiger partial charge in [-0.3, -0.25) is 0 Å². The van der Waals surface area contributed by atoms with Crippen LogP contribution in [0.5, 0.6) is 5.75 Å². The first-order valence-corrected chi connectivity index (χ1v) is 5.73. The van der Waals surface area contributed by atoms with Crippen molar-refractivity contribution < 1.29 is 22.4 Å². The van der Waals surface area contributed by atoms with E-state index in [1.165, 1.54) is 18.2 Å². The van der Waals surface area contributed by atoms with Crippen LogP contribution < -0.4 is 4.74 Å². The van der Waals surface area contributed by atoms with Gasteiger partial charge in [-0.25, -0.2) is 0 Å². The van der Waals surface area contributed by atoms with Gasteiger partial charge in [0.15, 0.2) is 5.76 Å². The molecule has 3 nitrogen and oxygen atoms in total. The number of nitrogens with zero attached hydrogens (tertiary/aromatic N) is 1. The molecular weight excluding hydrogens is 271 g/mol. The third-order valence-electron chi connectivity index (χ3n) is 2.72. The smallest absolute Gasteiger partial charge is 0.406 e. The van der Waals surface area contributed by atoms with Gasteiger partial charge >= 0.3 is 6.36 Å². The van der Waals surface area contributed by atoms with Crippen molar-refractivity contribution in [2.45, 2.75) is 6.36 Å². The highest BCUT2D eigenvalue weighted by molar-refractivity contribution is 5.92. The average molecular weight is 279 g/mol. The summed E-state index contributed by atoms with van der Waals surface area (Å²) >= 11 is 0. The zero-order valence-corrected chi connectivity index (χ0v) is 10.0. The van der Waals surface area contributed by atoms with Crippen molar-refractivity contribution in [1.29, 1.82) is 0 Å². The molecule has 0 aliphatic rings. The molecule has 0 amide bonds. The first kappa shape index (κ1) is 12.5. The zero-order chi connectivity index (χ0) is 14.2. The molecule has 1 aromatic heterocycles. The maximum atomic E-state index is 12.2. The fraction of sp³-hybridized carbons (Fsp3) is 0.0714. The van der Waals surface area contributed by atoms with Crippen LogP contribution in [0.2, 0.25) is 0 Å². The number of rotatable bonds is 2. The van der Waals surface area contributed by atoms with E-state index in [1.54, 1.807) is 24.3 Å². The molecule has 0 unspecified atom stereocenters. The standard InChI is InChI=1S/C14H8F3NO2/c15-14(16,17)19-10-6-7-12-11(8-10)13(20-18-12)9-4-2-1-3-5-9/h1-8H. The van der Waals surface area contributed by atoms with Crippen LogP contribution in [0.3, 0.4) is 0 Å². The Morgan fingerprint density at radius 2 is 1.75 bits per heavy atom. The van der Waals surface area contributed by atoms with Gasteiger partial charge in [-0.05, 0) is 18.2 Å². The second kappa shape index (κ2) is 4.56. The molecule has 0 bridgehead atoms. The van der Waals surface area contributed by atoms with Crippen molar-refractivity contribution in [2.75, 3.05) is 0 Å². The summed E-state index contributed by atoms with van der Waals surface area (Å²) in [6.45, 7) is 0. The van der Waals surface area contributed by atoms with Crippen molar-refractivity contribution in [2.24, 2.45) is 0 Å². The van der Waals surface area contributed by atoms with Crippen LogP contribution in [-0.2, 0) is 0 Å². The maximum absolute atomic E-state index is 12.2. The summed E-state index contributed by atoms with van der Waals surface area (Å²) < 4.78 is 45.8. The number of halogens is 3. The van der Waals surface area contributed by atoms with E-state index in [9.17, 15) is 13.2 Å². The molecule has 6 heteroatoms. The van der Waals surface area contributed by atoms with Crippen molar-refractivity contribution in [3.8, 4) is 17.1 Å². The number of alkyl halides is 3. The van der Waals surface area contributed by atoms with Crippen LogP contribution in [0.15, 0.2) is 53.1 Å². The van der Waals surface area contributed by atoms with Gasteiger partial charge in [0.1, 0.15) is 11.3 Å². The Balaban J connectivity index is 2.09. The van der Waals surface area contributed by atoms with Gasteiger partial charge < -0.3 is 9.26 Å². The molecule has 102 valence electrons. The molecule has 0 saturated carbocycles. The van der Waals surface area contributed by atoms with Crippen molar-refractivity contribution >= 4 is 10.9 Å². The second-order valence-corrected chi connectivity index (χ2v) is 4.10. The molecular formula is C14H8F3NO2. The van der Waals surface area contributed by atoms with E-state index in [-0.39, 0.29) is 5.75 Å². The monoisotopic (exact) mass is 279 g/mol. The Morgan fingerprint density at radius 1 is 1.00 bits per heavy atom. The lowest BCUT2D eigenvalue weighted by molar-refractivity contribution is -0.274. The molecule has 0 radical (unpaired) electrons. The lowest BCUT2D eigenvalue weighted by Gasteiger charge is -2.08. The van der Waals surface area contributed by atoms with Crippen LogP contribution in [0, 0.1) is 0 Å². The molecule has 0 aliphatic carbocycles. The zero-order valence-electron chi connectivity index (χ0n) is 10.0. The Kier molecular flexibility index (Phi) is 2.85. The summed E-state index contributed by atoms with van der Waals surface area (Å²) in [7, 11) is 0. The lowest BCUT2D eigenvalue weighted by Crippen LogP contribution is -2.16. The Labute approximate surface area is 111 Å². The van der Waals surface area contributed by atoms with Gasteiger partial charge in [0.25, 0.3) is 0 Å². The van der Waals surface area contributed by atoms with E-state index in [0.29, 0.717) is 16.7 Å². The summed E-state index contributed by atoms with van der Waals surface area (Å²) in [6.07, 6.45) is -4.72. The minimum atomic E-state index is -4.72. The molecule has 0 atom stereocenters. The molecule has 0 spiro atoms. The second-order valence-electron chi connectivity index (χ2n) is 4.10. The van der Waals surface area contributed by atoms with E-state index in [2.05, 4.69) is 9.89 Å². The average Bonchev–Trinajstić information content (AvgIpc) is 2.81. The molecule has 0 saturated heterocycles. The molecule has 0 N–H and O–H groups in total. The minimum Gasteiger partial charge on any atom is -0.406 e. The van der Waals surface area contributed by atoms with E-state index in [1.807, 2.05) is 6.07 Å². The third-order valence-corrected chi connectivity index (χ3v) is 2.72. The fourth-order valence-corrected chi connectivity index (χ4v) is 1.92. The predicted octanol–water partition coefficient (Wildman–Crippen LogP) is 4.39. The van der Waals surface area contributed by atoms with E-state index < -0.39 is 6.36 Å². The van der Waals surface area contributed by atoms with Gasteiger partial charge in [0, 0.05) is 5.56 Å². The fourth-order valence-electron chi connectivity index (χ4n) is 1.92. The molecule has 20 heavy (non-hydrogen) atoms. The first-order valence-electron chi connectivity index (χ1n) is 5.73. The number of aromatic nitrogens is 1. The number of hydrogen-bond donors (Lipinski definition) is 0. The Morgan fingerprint density at radius 3 is 2.45 bits per heavy atom. The molecule has 0 fully saturated rings. The highest BCUT2D eigenvalue weighted by atomic mass is 19.4. The van der Waals surface area contributed by atoms with Crippen molar-refractivity contribution in [3.63, 3.8) is 0 Å². The third kappa shape index (κ3) is 2.45. The van der Waals surface area contributed by atoms with E-state index in [4.69, 9.17) is 4.52 Å². The van der Waals surface area contributed by atoms with Crippen LogP contribution in [0.1, 0.15) is 0 Å². The summed E-state index contributed by atoms with van der Waals surface area (Å²) in [4.78, 5) is 0. The van der Waals surface area contributed by atoms with Gasteiger partial charge in [0.05, 0.1) is 5.39 Å². The summed E-state index contributed by atoms with van der Waals surface area (Å²) in [6, 6.07) is 12.9. The highest BCUT2D eigenvalue weighted by Gasteiger charge is 2.31. The predicted molar refractivity (Wildman–Crippen MR) is 66.1 cm³/mol. The van der Waals surface area contributed by atoms with Crippen LogP contribution >= 0.6 is 0 Å². The number of benzene rings is 2. The summed E-state index contributed by atoms with van der Waals surface area (Å²) in [5, 5.41) is 4.29. The van der Waals surface area contributed by atoms with E-state index >= 15 is 0 Å². The normalized spacial score (nSPS) is 11.8. The number of fused-ring (bicyclic) bond motifs is 1. The highest BCUT2D eigenvalue weighted by Crippen LogP contribution is 2.32.